The Morgan fingerprint density at radius 2 is 2.16 bits per heavy atom. The third kappa shape index (κ3) is 3.39. The third-order valence-corrected chi connectivity index (χ3v) is 3.51. The van der Waals surface area contributed by atoms with Gasteiger partial charge in [-0.1, -0.05) is 24.3 Å². The van der Waals surface area contributed by atoms with Gasteiger partial charge in [-0.2, -0.15) is 0 Å². The summed E-state index contributed by atoms with van der Waals surface area (Å²) in [5, 5.41) is 5.75. The summed E-state index contributed by atoms with van der Waals surface area (Å²) >= 11 is 1.58. The van der Waals surface area contributed by atoms with Crippen molar-refractivity contribution in [3.63, 3.8) is 0 Å². The van der Waals surface area contributed by atoms with E-state index in [0.29, 0.717) is 6.54 Å². The van der Waals surface area contributed by atoms with E-state index in [1.807, 2.05) is 29.6 Å². The van der Waals surface area contributed by atoms with Crippen LogP contribution in [0.2, 0.25) is 0 Å². The first kappa shape index (κ1) is 13.7. The number of thiazole rings is 1. The van der Waals surface area contributed by atoms with Crippen molar-refractivity contribution in [2.45, 2.75) is 25.9 Å². The first-order valence-electron chi connectivity index (χ1n) is 6.03. The molecule has 0 bridgehead atoms. The zero-order chi connectivity index (χ0) is 13.9. The van der Waals surface area contributed by atoms with Crippen LogP contribution in [0.15, 0.2) is 35.8 Å². The molecular weight excluding hydrogens is 258 g/mol. The van der Waals surface area contributed by atoms with Gasteiger partial charge in [0.05, 0.1) is 5.54 Å². The molecule has 0 saturated heterocycles. The molecule has 0 saturated carbocycles. The van der Waals surface area contributed by atoms with Crippen LogP contribution in [-0.4, -0.2) is 16.4 Å². The molecule has 0 radical (unpaired) electrons. The van der Waals surface area contributed by atoms with Gasteiger partial charge >= 0.3 is 0 Å². The highest BCUT2D eigenvalue weighted by atomic mass is 32.1. The molecular formula is C14H17N3OS. The van der Waals surface area contributed by atoms with Crippen LogP contribution in [-0.2, 0) is 11.3 Å². The van der Waals surface area contributed by atoms with Crippen LogP contribution in [0.25, 0.3) is 10.6 Å². The molecule has 0 aliphatic rings. The van der Waals surface area contributed by atoms with Gasteiger partial charge in [0.2, 0.25) is 5.91 Å². The SMILES string of the molecule is CC(C)(N)C(=O)NCc1ccccc1-c1nccs1. The normalized spacial score (nSPS) is 11.3. The van der Waals surface area contributed by atoms with E-state index in [0.717, 1.165) is 16.1 Å². The quantitative estimate of drug-likeness (QED) is 0.898. The Labute approximate surface area is 116 Å². The van der Waals surface area contributed by atoms with Crippen molar-refractivity contribution in [1.29, 1.82) is 0 Å². The zero-order valence-corrected chi connectivity index (χ0v) is 11.8. The summed E-state index contributed by atoms with van der Waals surface area (Å²) in [6, 6.07) is 7.91. The van der Waals surface area contributed by atoms with E-state index >= 15 is 0 Å². The fourth-order valence-corrected chi connectivity index (χ4v) is 2.34. The topological polar surface area (TPSA) is 68.0 Å². The second-order valence-electron chi connectivity index (χ2n) is 4.90. The second kappa shape index (κ2) is 5.50. The Hall–Kier alpha value is -1.72. The number of nitrogens with one attached hydrogen (secondary N) is 1. The fraction of sp³-hybridized carbons (Fsp3) is 0.286. The van der Waals surface area contributed by atoms with Gasteiger partial charge in [-0.05, 0) is 19.4 Å². The van der Waals surface area contributed by atoms with Crippen LogP contribution in [0, 0.1) is 0 Å². The molecule has 1 amide bonds. The van der Waals surface area contributed by atoms with Crippen LogP contribution in [0.3, 0.4) is 0 Å². The minimum atomic E-state index is -0.865. The maximum absolute atomic E-state index is 11.8. The van der Waals surface area contributed by atoms with E-state index < -0.39 is 5.54 Å². The number of nitrogens with two attached hydrogens (primary N) is 1. The van der Waals surface area contributed by atoms with Crippen molar-refractivity contribution in [2.75, 3.05) is 0 Å². The van der Waals surface area contributed by atoms with Crippen molar-refractivity contribution >= 4 is 17.2 Å². The van der Waals surface area contributed by atoms with E-state index in [4.69, 9.17) is 5.73 Å². The molecule has 2 aromatic rings. The summed E-state index contributed by atoms with van der Waals surface area (Å²) in [6.45, 7) is 3.83. The molecule has 100 valence electrons. The monoisotopic (exact) mass is 275 g/mol. The summed E-state index contributed by atoms with van der Waals surface area (Å²) in [6.07, 6.45) is 1.78. The molecule has 0 spiro atoms. The fourth-order valence-electron chi connectivity index (χ4n) is 1.64. The van der Waals surface area contributed by atoms with Gasteiger partial charge in [0.25, 0.3) is 0 Å². The predicted octanol–water partition coefficient (Wildman–Crippen LogP) is 2.16. The first-order chi connectivity index (χ1) is 8.98. The predicted molar refractivity (Wildman–Crippen MR) is 77.7 cm³/mol. The van der Waals surface area contributed by atoms with Crippen molar-refractivity contribution in [1.82, 2.24) is 10.3 Å². The molecule has 1 aromatic carbocycles. The van der Waals surface area contributed by atoms with E-state index in [1.165, 1.54) is 0 Å². The average Bonchev–Trinajstić information content (AvgIpc) is 2.88. The van der Waals surface area contributed by atoms with Gasteiger partial charge in [-0.3, -0.25) is 4.79 Å². The number of nitrogens with zero attached hydrogens (tertiary/aromatic N) is 1. The number of hydrogen-bond acceptors (Lipinski definition) is 4. The summed E-state index contributed by atoms with van der Waals surface area (Å²) in [4.78, 5) is 16.1. The van der Waals surface area contributed by atoms with Crippen LogP contribution in [0.5, 0.6) is 0 Å². The van der Waals surface area contributed by atoms with E-state index in [1.54, 1.807) is 31.4 Å². The van der Waals surface area contributed by atoms with Gasteiger partial charge in [-0.15, -0.1) is 11.3 Å². The molecule has 3 N–H and O–H groups in total. The van der Waals surface area contributed by atoms with Crippen molar-refractivity contribution in [2.24, 2.45) is 5.73 Å². The number of aromatic nitrogens is 1. The summed E-state index contributed by atoms with van der Waals surface area (Å²) in [7, 11) is 0. The minimum Gasteiger partial charge on any atom is -0.350 e. The number of benzene rings is 1. The van der Waals surface area contributed by atoms with Crippen LogP contribution >= 0.6 is 11.3 Å². The second-order valence-corrected chi connectivity index (χ2v) is 5.79. The number of carbonyl (C=O) groups excluding carboxylic acids is 1. The molecule has 19 heavy (non-hydrogen) atoms. The maximum atomic E-state index is 11.8. The van der Waals surface area contributed by atoms with Gasteiger partial charge < -0.3 is 11.1 Å². The molecule has 1 aromatic heterocycles. The standard InChI is InChI=1S/C14H17N3OS/c1-14(2,15)13(18)17-9-10-5-3-4-6-11(10)12-16-7-8-19-12/h3-8H,9,15H2,1-2H3,(H,17,18). The lowest BCUT2D eigenvalue weighted by atomic mass is 10.1. The smallest absolute Gasteiger partial charge is 0.239 e. The molecule has 0 aliphatic carbocycles. The highest BCUT2D eigenvalue weighted by Gasteiger charge is 2.21. The number of amides is 1. The lowest BCUT2D eigenvalue weighted by Crippen LogP contribution is -2.48. The molecule has 2 rings (SSSR count). The molecule has 0 aliphatic heterocycles. The zero-order valence-electron chi connectivity index (χ0n) is 11.0. The van der Waals surface area contributed by atoms with E-state index in [-0.39, 0.29) is 5.91 Å². The summed E-state index contributed by atoms with van der Waals surface area (Å²) in [5.41, 5.74) is 6.97. The molecule has 0 atom stereocenters. The number of hydrogen-bond donors (Lipinski definition) is 2. The maximum Gasteiger partial charge on any atom is 0.239 e. The highest BCUT2D eigenvalue weighted by molar-refractivity contribution is 7.13. The van der Waals surface area contributed by atoms with E-state index in [9.17, 15) is 4.79 Å². The summed E-state index contributed by atoms with van der Waals surface area (Å²) < 4.78 is 0. The Bertz CT molecular complexity index is 558. The number of carbonyl (C=O) groups is 1. The van der Waals surface area contributed by atoms with Gasteiger partial charge in [-0.25, -0.2) is 4.98 Å². The lowest BCUT2D eigenvalue weighted by molar-refractivity contribution is -0.125. The van der Waals surface area contributed by atoms with Crippen LogP contribution in [0.1, 0.15) is 19.4 Å². The van der Waals surface area contributed by atoms with Crippen LogP contribution in [0.4, 0.5) is 0 Å². The van der Waals surface area contributed by atoms with E-state index in [2.05, 4.69) is 10.3 Å². The Morgan fingerprint density at radius 1 is 1.42 bits per heavy atom. The van der Waals surface area contributed by atoms with Crippen molar-refractivity contribution in [3.05, 3.63) is 41.4 Å². The Balaban J connectivity index is 2.16. The lowest BCUT2D eigenvalue weighted by Gasteiger charge is -2.18. The molecule has 0 fully saturated rings. The van der Waals surface area contributed by atoms with Gasteiger partial charge in [0.15, 0.2) is 0 Å². The molecule has 5 heteroatoms. The minimum absolute atomic E-state index is 0.165. The highest BCUT2D eigenvalue weighted by Crippen LogP contribution is 2.25. The molecule has 4 nitrogen and oxygen atoms in total. The largest absolute Gasteiger partial charge is 0.350 e. The third-order valence-electron chi connectivity index (χ3n) is 2.70. The van der Waals surface area contributed by atoms with Gasteiger partial charge in [0, 0.05) is 23.7 Å². The van der Waals surface area contributed by atoms with Crippen molar-refractivity contribution < 1.29 is 4.79 Å². The van der Waals surface area contributed by atoms with Crippen molar-refractivity contribution in [3.8, 4) is 10.6 Å². The Kier molecular flexibility index (Phi) is 3.97. The number of rotatable bonds is 4. The Morgan fingerprint density at radius 3 is 2.79 bits per heavy atom. The molecule has 0 unspecified atom stereocenters. The first-order valence-corrected chi connectivity index (χ1v) is 6.91. The van der Waals surface area contributed by atoms with Gasteiger partial charge in [0.1, 0.15) is 5.01 Å². The molecule has 1 heterocycles. The van der Waals surface area contributed by atoms with Crippen LogP contribution < -0.4 is 11.1 Å². The summed E-state index contributed by atoms with van der Waals surface area (Å²) in [5.74, 6) is -0.165. The average molecular weight is 275 g/mol.